The van der Waals surface area contributed by atoms with E-state index >= 15 is 0 Å². The normalized spacial score (nSPS) is 14.8. The zero-order chi connectivity index (χ0) is 22.4. The summed E-state index contributed by atoms with van der Waals surface area (Å²) in [7, 11) is 4.59. The van der Waals surface area contributed by atoms with Gasteiger partial charge >= 0.3 is 0 Å². The second kappa shape index (κ2) is 10.5. The summed E-state index contributed by atoms with van der Waals surface area (Å²) in [5, 5.41) is 0. The van der Waals surface area contributed by atoms with E-state index in [1.54, 1.807) is 30.3 Å². The maximum Gasteiger partial charge on any atom is 0.250 e. The number of ether oxygens (including phenoxy) is 5. The quantitative estimate of drug-likeness (QED) is 0.233. The fourth-order valence-electron chi connectivity index (χ4n) is 3.11. The average Bonchev–Trinajstić information content (AvgIpc) is 3.15. The molecule has 0 saturated carbocycles. The van der Waals surface area contributed by atoms with Gasteiger partial charge < -0.3 is 28.2 Å². The van der Waals surface area contributed by atoms with E-state index in [1.165, 1.54) is 27.4 Å². The average molecular weight is 447 g/mol. The summed E-state index contributed by atoms with van der Waals surface area (Å²) in [4.78, 5) is 13.6. The van der Waals surface area contributed by atoms with E-state index < -0.39 is 11.2 Å². The van der Waals surface area contributed by atoms with E-state index in [0.29, 0.717) is 51.4 Å². The Bertz CT molecular complexity index is 946. The summed E-state index contributed by atoms with van der Waals surface area (Å²) in [6.07, 6.45) is 4.92. The van der Waals surface area contributed by atoms with Crippen molar-refractivity contribution < 1.29 is 33.0 Å². The SMILES string of the molecule is CCCCOc1cc2c(cc1C(=O)/C=C/c1cc(OC)c(OC)c(OC)c1)OC[S+]2[O-]. The molecule has 0 spiro atoms. The number of fused-ring (bicyclic) bond motifs is 1. The molecule has 2 aromatic carbocycles. The number of rotatable bonds is 10. The van der Waals surface area contributed by atoms with Gasteiger partial charge in [0, 0.05) is 23.3 Å². The highest BCUT2D eigenvalue weighted by molar-refractivity contribution is 7.91. The van der Waals surface area contributed by atoms with Crippen LogP contribution in [0.1, 0.15) is 35.7 Å². The summed E-state index contributed by atoms with van der Waals surface area (Å²) >= 11 is -1.25. The molecule has 0 aromatic heterocycles. The van der Waals surface area contributed by atoms with Gasteiger partial charge in [0.2, 0.25) is 10.6 Å². The van der Waals surface area contributed by atoms with Crippen LogP contribution in [0.3, 0.4) is 0 Å². The second-order valence-electron chi connectivity index (χ2n) is 6.76. The molecular weight excluding hydrogens is 420 g/mol. The van der Waals surface area contributed by atoms with Crippen molar-refractivity contribution in [1.29, 1.82) is 0 Å². The number of hydrogen-bond acceptors (Lipinski definition) is 7. The molecule has 3 rings (SSSR count). The highest BCUT2D eigenvalue weighted by atomic mass is 32.2. The summed E-state index contributed by atoms with van der Waals surface area (Å²) < 4.78 is 39.4. The predicted octanol–water partition coefficient (Wildman–Crippen LogP) is 4.24. The first-order valence-corrected chi connectivity index (χ1v) is 11.2. The van der Waals surface area contributed by atoms with Gasteiger partial charge in [-0.2, -0.15) is 0 Å². The fraction of sp³-hybridized carbons (Fsp3) is 0.348. The third-order valence-corrected chi connectivity index (χ3v) is 5.89. The summed E-state index contributed by atoms with van der Waals surface area (Å²) in [5.41, 5.74) is 1.06. The van der Waals surface area contributed by atoms with Crippen LogP contribution in [0.5, 0.6) is 28.7 Å². The molecule has 0 radical (unpaired) electrons. The highest BCUT2D eigenvalue weighted by Gasteiger charge is 2.30. The number of carbonyl (C=O) groups is 1. The van der Waals surface area contributed by atoms with Gasteiger partial charge in [-0.15, -0.1) is 0 Å². The van der Waals surface area contributed by atoms with Crippen LogP contribution in [0.25, 0.3) is 6.08 Å². The smallest absolute Gasteiger partial charge is 0.250 e. The molecule has 1 heterocycles. The van der Waals surface area contributed by atoms with Crippen LogP contribution in [0.15, 0.2) is 35.2 Å². The van der Waals surface area contributed by atoms with Crippen molar-refractivity contribution in [1.82, 2.24) is 0 Å². The number of unbranched alkanes of at least 4 members (excludes halogenated alkanes) is 1. The molecule has 0 aliphatic carbocycles. The van der Waals surface area contributed by atoms with E-state index in [4.69, 9.17) is 23.7 Å². The minimum atomic E-state index is -1.25. The lowest BCUT2D eigenvalue weighted by Crippen LogP contribution is -2.05. The van der Waals surface area contributed by atoms with Crippen molar-refractivity contribution in [2.45, 2.75) is 24.7 Å². The summed E-state index contributed by atoms with van der Waals surface area (Å²) in [6, 6.07) is 6.75. The molecule has 1 aliphatic heterocycles. The number of hydrogen-bond donors (Lipinski definition) is 0. The van der Waals surface area contributed by atoms with Crippen molar-refractivity contribution in [3.05, 3.63) is 41.5 Å². The number of carbonyl (C=O) groups excluding carboxylic acids is 1. The lowest BCUT2D eigenvalue weighted by atomic mass is 10.1. The number of benzene rings is 2. The molecule has 0 bridgehead atoms. The molecule has 0 fully saturated rings. The summed E-state index contributed by atoms with van der Waals surface area (Å²) in [6.45, 7) is 2.53. The van der Waals surface area contributed by atoms with Gasteiger partial charge in [-0.05, 0) is 30.2 Å². The van der Waals surface area contributed by atoms with Gasteiger partial charge in [0.05, 0.1) is 33.5 Å². The zero-order valence-corrected chi connectivity index (χ0v) is 18.9. The molecule has 8 heteroatoms. The molecule has 0 N–H and O–H groups in total. The van der Waals surface area contributed by atoms with Crippen LogP contribution in [0.2, 0.25) is 0 Å². The van der Waals surface area contributed by atoms with Crippen molar-refractivity contribution in [3.63, 3.8) is 0 Å². The Labute approximate surface area is 185 Å². The number of ketones is 1. The maximum atomic E-state index is 13.0. The maximum absolute atomic E-state index is 13.0. The van der Waals surface area contributed by atoms with E-state index in [-0.39, 0.29) is 11.7 Å². The van der Waals surface area contributed by atoms with Crippen molar-refractivity contribution in [2.75, 3.05) is 33.9 Å². The van der Waals surface area contributed by atoms with Gasteiger partial charge in [0.1, 0.15) is 5.75 Å². The van der Waals surface area contributed by atoms with Gasteiger partial charge in [-0.25, -0.2) is 0 Å². The van der Waals surface area contributed by atoms with Crippen LogP contribution in [-0.2, 0) is 11.2 Å². The molecule has 0 amide bonds. The standard InChI is InChI=1S/C23H26O7S/c1-5-6-9-29-18-13-22-19(30-14-31(22)25)12-16(18)17(24)8-7-15-10-20(26-2)23(28-4)21(11-15)27-3/h7-8,10-13H,5-6,9,14H2,1-4H3/b8-7+. The number of allylic oxidation sites excluding steroid dienone is 1. The van der Waals surface area contributed by atoms with Gasteiger partial charge in [0.15, 0.2) is 23.0 Å². The Morgan fingerprint density at radius 3 is 2.42 bits per heavy atom. The molecule has 7 nitrogen and oxygen atoms in total. The van der Waals surface area contributed by atoms with Gasteiger partial charge in [-0.1, -0.05) is 19.4 Å². The molecule has 0 saturated heterocycles. The minimum Gasteiger partial charge on any atom is -0.609 e. The lowest BCUT2D eigenvalue weighted by Gasteiger charge is -2.13. The van der Waals surface area contributed by atoms with E-state index in [2.05, 4.69) is 6.92 Å². The van der Waals surface area contributed by atoms with Crippen molar-refractivity contribution >= 4 is 23.0 Å². The Balaban J connectivity index is 1.91. The van der Waals surface area contributed by atoms with Crippen LogP contribution in [0.4, 0.5) is 0 Å². The Morgan fingerprint density at radius 2 is 1.81 bits per heavy atom. The van der Waals surface area contributed by atoms with Gasteiger partial charge in [-0.3, -0.25) is 4.79 Å². The largest absolute Gasteiger partial charge is 0.609 e. The zero-order valence-electron chi connectivity index (χ0n) is 18.1. The van der Waals surface area contributed by atoms with E-state index in [1.807, 2.05) is 0 Å². The Kier molecular flexibility index (Phi) is 7.70. The van der Waals surface area contributed by atoms with Crippen LogP contribution in [0, 0.1) is 0 Å². The molecule has 2 aromatic rings. The first kappa shape index (κ1) is 22.8. The first-order chi connectivity index (χ1) is 15.0. The lowest BCUT2D eigenvalue weighted by molar-refractivity contribution is 0.104. The van der Waals surface area contributed by atoms with Gasteiger partial charge in [0.25, 0.3) is 5.94 Å². The molecular formula is C23H26O7S. The Morgan fingerprint density at radius 1 is 1.10 bits per heavy atom. The molecule has 1 atom stereocenters. The first-order valence-electron chi connectivity index (χ1n) is 9.86. The number of methoxy groups -OCH3 is 3. The molecule has 1 aliphatic rings. The van der Waals surface area contributed by atoms with Crippen molar-refractivity contribution in [3.8, 4) is 28.7 Å². The van der Waals surface area contributed by atoms with E-state index in [0.717, 1.165) is 12.8 Å². The predicted molar refractivity (Wildman–Crippen MR) is 118 cm³/mol. The molecule has 31 heavy (non-hydrogen) atoms. The minimum absolute atomic E-state index is 0.0860. The topological polar surface area (TPSA) is 86.3 Å². The second-order valence-corrected chi connectivity index (χ2v) is 8.13. The third-order valence-electron chi connectivity index (χ3n) is 4.75. The van der Waals surface area contributed by atoms with Crippen molar-refractivity contribution in [2.24, 2.45) is 0 Å². The Hall–Kier alpha value is -2.84. The molecule has 1 unspecified atom stereocenters. The molecule has 166 valence electrons. The van der Waals surface area contributed by atoms with Crippen LogP contribution in [-0.4, -0.2) is 44.2 Å². The fourth-order valence-corrected chi connectivity index (χ4v) is 4.05. The third kappa shape index (κ3) is 5.08. The van der Waals surface area contributed by atoms with E-state index in [9.17, 15) is 9.35 Å². The highest BCUT2D eigenvalue weighted by Crippen LogP contribution is 2.39. The van der Waals surface area contributed by atoms with Crippen LogP contribution < -0.4 is 23.7 Å². The van der Waals surface area contributed by atoms with Crippen LogP contribution >= 0.6 is 0 Å². The monoisotopic (exact) mass is 446 g/mol. The summed E-state index contributed by atoms with van der Waals surface area (Å²) in [5.74, 6) is 2.14.